The number of hydrogen-bond donors (Lipinski definition) is 1. The van der Waals surface area contributed by atoms with Gasteiger partial charge >= 0.3 is 0 Å². The summed E-state index contributed by atoms with van der Waals surface area (Å²) in [5.41, 5.74) is 2.62. The largest absolute Gasteiger partial charge is 0.384 e. The van der Waals surface area contributed by atoms with Gasteiger partial charge in [0.25, 0.3) is 0 Å². The molecule has 146 valence electrons. The first-order chi connectivity index (χ1) is 13.1. The van der Waals surface area contributed by atoms with Crippen LogP contribution in [-0.4, -0.2) is 52.4 Å². The second-order valence-corrected chi connectivity index (χ2v) is 7.17. The average Bonchev–Trinajstić information content (AvgIpc) is 2.97. The number of carbonyl (C=O) groups excluding carboxylic acids is 1. The van der Waals surface area contributed by atoms with Crippen LogP contribution in [0, 0.1) is 6.92 Å². The zero-order valence-corrected chi connectivity index (χ0v) is 16.4. The number of carbonyl (C=O) groups is 1. The van der Waals surface area contributed by atoms with Gasteiger partial charge in [-0.15, -0.1) is 10.2 Å². The van der Waals surface area contributed by atoms with E-state index < -0.39 is 0 Å². The molecule has 0 spiro atoms. The standard InChI is InChI=1S/C20H29N5O2/c1-15-4-6-17(7-5-15)14-24-10-8-18-22-23-20(25(18)12-11-24)16(2)21-19(26)9-13-27-3/h4-7,16H,8-14H2,1-3H3,(H,21,26)/t16-/m1/s1. The Balaban J connectivity index is 1.61. The molecule has 2 aromatic rings. The number of benzene rings is 1. The van der Waals surface area contributed by atoms with E-state index in [-0.39, 0.29) is 11.9 Å². The lowest BCUT2D eigenvalue weighted by atomic mass is 10.1. The molecule has 0 saturated carbocycles. The van der Waals surface area contributed by atoms with Crippen LogP contribution in [0.3, 0.4) is 0 Å². The first-order valence-corrected chi connectivity index (χ1v) is 9.55. The number of nitrogens with one attached hydrogen (secondary N) is 1. The van der Waals surface area contributed by atoms with Crippen molar-refractivity contribution in [3.05, 3.63) is 47.0 Å². The zero-order valence-electron chi connectivity index (χ0n) is 16.4. The van der Waals surface area contributed by atoms with Gasteiger partial charge in [-0.05, 0) is 19.4 Å². The predicted molar refractivity (Wildman–Crippen MR) is 103 cm³/mol. The summed E-state index contributed by atoms with van der Waals surface area (Å²) in [6.45, 7) is 8.16. The molecule has 1 aliphatic rings. The fourth-order valence-corrected chi connectivity index (χ4v) is 3.39. The molecule has 0 bridgehead atoms. The van der Waals surface area contributed by atoms with Crippen molar-refractivity contribution in [1.29, 1.82) is 0 Å². The summed E-state index contributed by atoms with van der Waals surface area (Å²) in [7, 11) is 1.59. The van der Waals surface area contributed by atoms with E-state index in [4.69, 9.17) is 4.74 Å². The second kappa shape index (κ2) is 9.10. The van der Waals surface area contributed by atoms with Gasteiger partial charge in [0, 0.05) is 46.1 Å². The quantitative estimate of drug-likeness (QED) is 0.804. The monoisotopic (exact) mass is 371 g/mol. The number of hydrogen-bond acceptors (Lipinski definition) is 5. The molecular formula is C20H29N5O2. The molecule has 7 heteroatoms. The van der Waals surface area contributed by atoms with Crippen molar-refractivity contribution in [3.63, 3.8) is 0 Å². The molecule has 0 aliphatic carbocycles. The Kier molecular flexibility index (Phi) is 6.58. The van der Waals surface area contributed by atoms with E-state index in [9.17, 15) is 4.79 Å². The highest BCUT2D eigenvalue weighted by Gasteiger charge is 2.22. The van der Waals surface area contributed by atoms with Crippen molar-refractivity contribution in [2.75, 3.05) is 26.8 Å². The van der Waals surface area contributed by atoms with Gasteiger partial charge in [-0.1, -0.05) is 29.8 Å². The maximum atomic E-state index is 12.0. The Bertz CT molecular complexity index is 756. The summed E-state index contributed by atoms with van der Waals surface area (Å²) in [5.74, 6) is 1.79. The first-order valence-electron chi connectivity index (χ1n) is 9.55. The van der Waals surface area contributed by atoms with Gasteiger partial charge < -0.3 is 14.6 Å². The highest BCUT2D eigenvalue weighted by atomic mass is 16.5. The summed E-state index contributed by atoms with van der Waals surface area (Å²) < 4.78 is 7.12. The first kappa shape index (κ1) is 19.5. The molecule has 1 N–H and O–H groups in total. The highest BCUT2D eigenvalue weighted by Crippen LogP contribution is 2.17. The minimum absolute atomic E-state index is 0.0312. The number of aryl methyl sites for hydroxylation is 1. The molecule has 27 heavy (non-hydrogen) atoms. The van der Waals surface area contributed by atoms with Gasteiger partial charge in [-0.3, -0.25) is 9.69 Å². The van der Waals surface area contributed by atoms with Crippen LogP contribution < -0.4 is 5.32 Å². The van der Waals surface area contributed by atoms with Gasteiger partial charge in [0.05, 0.1) is 12.6 Å². The van der Waals surface area contributed by atoms with Crippen LogP contribution >= 0.6 is 0 Å². The van der Waals surface area contributed by atoms with Crippen molar-refractivity contribution in [1.82, 2.24) is 25.0 Å². The molecular weight excluding hydrogens is 342 g/mol. The third-order valence-corrected chi connectivity index (χ3v) is 4.97. The van der Waals surface area contributed by atoms with Crippen molar-refractivity contribution in [2.24, 2.45) is 0 Å². The molecule has 0 unspecified atom stereocenters. The summed E-state index contributed by atoms with van der Waals surface area (Å²) >= 11 is 0. The van der Waals surface area contributed by atoms with E-state index in [0.29, 0.717) is 13.0 Å². The van der Waals surface area contributed by atoms with Crippen LogP contribution in [0.15, 0.2) is 24.3 Å². The number of aromatic nitrogens is 3. The maximum Gasteiger partial charge on any atom is 0.222 e. The van der Waals surface area contributed by atoms with Crippen molar-refractivity contribution >= 4 is 5.91 Å². The average molecular weight is 371 g/mol. The molecule has 1 amide bonds. The summed E-state index contributed by atoms with van der Waals surface area (Å²) in [4.78, 5) is 14.4. The highest BCUT2D eigenvalue weighted by molar-refractivity contribution is 5.76. The zero-order chi connectivity index (χ0) is 19.2. The number of ether oxygens (including phenoxy) is 1. The fourth-order valence-electron chi connectivity index (χ4n) is 3.39. The Labute approximate surface area is 160 Å². The number of fused-ring (bicyclic) bond motifs is 1. The molecule has 2 heterocycles. The second-order valence-electron chi connectivity index (χ2n) is 7.17. The SMILES string of the molecule is COCCC(=O)N[C@H](C)c1nnc2n1CCN(Cc1ccc(C)cc1)CC2. The molecule has 3 rings (SSSR count). The van der Waals surface area contributed by atoms with Crippen molar-refractivity contribution < 1.29 is 9.53 Å². The molecule has 7 nitrogen and oxygen atoms in total. The van der Waals surface area contributed by atoms with E-state index in [1.165, 1.54) is 11.1 Å². The molecule has 0 fully saturated rings. The molecule has 1 atom stereocenters. The van der Waals surface area contributed by atoms with Crippen LogP contribution in [0.4, 0.5) is 0 Å². The number of amides is 1. The Morgan fingerprint density at radius 2 is 2.00 bits per heavy atom. The molecule has 1 aliphatic heterocycles. The van der Waals surface area contributed by atoms with Gasteiger partial charge in [0.15, 0.2) is 5.82 Å². The lowest BCUT2D eigenvalue weighted by Gasteiger charge is -2.20. The topological polar surface area (TPSA) is 72.3 Å². The van der Waals surface area contributed by atoms with E-state index in [0.717, 1.165) is 44.2 Å². The summed E-state index contributed by atoms with van der Waals surface area (Å²) in [5, 5.41) is 11.7. The van der Waals surface area contributed by atoms with Gasteiger partial charge in [-0.25, -0.2) is 0 Å². The third kappa shape index (κ3) is 5.14. The predicted octanol–water partition coefficient (Wildman–Crippen LogP) is 1.86. The van der Waals surface area contributed by atoms with Crippen LogP contribution in [0.2, 0.25) is 0 Å². The van der Waals surface area contributed by atoms with Gasteiger partial charge in [0.1, 0.15) is 5.82 Å². The van der Waals surface area contributed by atoms with Crippen LogP contribution in [-0.2, 0) is 29.0 Å². The number of rotatable bonds is 7. The summed E-state index contributed by atoms with van der Waals surface area (Å²) in [6, 6.07) is 8.55. The normalized spacial score (nSPS) is 15.8. The van der Waals surface area contributed by atoms with E-state index >= 15 is 0 Å². The minimum atomic E-state index is -0.167. The molecule has 1 aromatic heterocycles. The fraction of sp³-hybridized carbons (Fsp3) is 0.550. The maximum absolute atomic E-state index is 12.0. The smallest absolute Gasteiger partial charge is 0.222 e. The number of methoxy groups -OCH3 is 1. The van der Waals surface area contributed by atoms with E-state index in [2.05, 4.69) is 56.2 Å². The van der Waals surface area contributed by atoms with E-state index in [1.807, 2.05) is 6.92 Å². The lowest BCUT2D eigenvalue weighted by Crippen LogP contribution is -2.30. The number of nitrogens with zero attached hydrogens (tertiary/aromatic N) is 4. The summed E-state index contributed by atoms with van der Waals surface area (Å²) in [6.07, 6.45) is 1.22. The van der Waals surface area contributed by atoms with Gasteiger partial charge in [-0.2, -0.15) is 0 Å². The van der Waals surface area contributed by atoms with Crippen molar-refractivity contribution in [2.45, 2.75) is 45.8 Å². The molecule has 1 aromatic carbocycles. The molecule has 0 saturated heterocycles. The van der Waals surface area contributed by atoms with Crippen LogP contribution in [0.25, 0.3) is 0 Å². The van der Waals surface area contributed by atoms with Crippen LogP contribution in [0.5, 0.6) is 0 Å². The van der Waals surface area contributed by atoms with Gasteiger partial charge in [0.2, 0.25) is 5.91 Å². The Hall–Kier alpha value is -2.25. The third-order valence-electron chi connectivity index (χ3n) is 4.97. The van der Waals surface area contributed by atoms with E-state index in [1.54, 1.807) is 7.11 Å². The Morgan fingerprint density at radius 3 is 2.74 bits per heavy atom. The van der Waals surface area contributed by atoms with Crippen LogP contribution in [0.1, 0.15) is 42.2 Å². The Morgan fingerprint density at radius 1 is 1.22 bits per heavy atom. The minimum Gasteiger partial charge on any atom is -0.384 e. The lowest BCUT2D eigenvalue weighted by molar-refractivity contribution is -0.122. The molecule has 0 radical (unpaired) electrons. The van der Waals surface area contributed by atoms with Crippen molar-refractivity contribution in [3.8, 4) is 0 Å².